The van der Waals surface area contributed by atoms with Gasteiger partial charge >= 0.3 is 0 Å². The summed E-state index contributed by atoms with van der Waals surface area (Å²) in [5.74, 6) is 3.91. The quantitative estimate of drug-likeness (QED) is 0.482. The van der Waals surface area contributed by atoms with E-state index in [4.69, 9.17) is 4.74 Å². The predicted octanol–water partition coefficient (Wildman–Crippen LogP) is 6.79. The number of hydrogen-bond donors (Lipinski definition) is 1. The molecule has 0 radical (unpaired) electrons. The molecule has 7 rings (SSSR count). The van der Waals surface area contributed by atoms with Gasteiger partial charge in [-0.25, -0.2) is 0 Å². The third-order valence-corrected chi connectivity index (χ3v) is 8.19. The molecule has 0 heterocycles. The molecule has 2 heteroatoms. The van der Waals surface area contributed by atoms with Crippen LogP contribution in [-0.2, 0) is 13.2 Å². The van der Waals surface area contributed by atoms with Crippen LogP contribution in [0.1, 0.15) is 55.2 Å². The summed E-state index contributed by atoms with van der Waals surface area (Å²) in [7, 11) is 0. The van der Waals surface area contributed by atoms with Gasteiger partial charge in [0.05, 0.1) is 0 Å². The number of ether oxygens (including phenoxy) is 1. The highest BCUT2D eigenvalue weighted by atomic mass is 16.5. The molecule has 3 aromatic rings. The number of rotatable bonds is 6. The molecule has 4 bridgehead atoms. The van der Waals surface area contributed by atoms with Crippen molar-refractivity contribution in [3.05, 3.63) is 77.4 Å². The summed E-state index contributed by atoms with van der Waals surface area (Å²) in [5.41, 5.74) is 4.19. The van der Waals surface area contributed by atoms with Crippen LogP contribution >= 0.6 is 0 Å². The van der Waals surface area contributed by atoms with Crippen molar-refractivity contribution in [2.75, 3.05) is 0 Å². The Balaban J connectivity index is 1.27. The molecule has 0 saturated heterocycles. The normalized spacial score (nSPS) is 28.9. The molecule has 4 fully saturated rings. The van der Waals surface area contributed by atoms with Gasteiger partial charge in [0.25, 0.3) is 0 Å². The van der Waals surface area contributed by atoms with Crippen molar-refractivity contribution >= 4 is 10.8 Å². The Labute approximate surface area is 186 Å². The van der Waals surface area contributed by atoms with E-state index in [1.165, 1.54) is 66.0 Å². The van der Waals surface area contributed by atoms with E-state index >= 15 is 0 Å². The molecule has 2 nitrogen and oxygen atoms in total. The molecule has 3 aromatic carbocycles. The van der Waals surface area contributed by atoms with E-state index in [2.05, 4.69) is 72.9 Å². The zero-order chi connectivity index (χ0) is 20.8. The zero-order valence-electron chi connectivity index (χ0n) is 18.6. The van der Waals surface area contributed by atoms with Crippen LogP contribution in [0, 0.1) is 24.7 Å². The number of fused-ring (bicyclic) bond motifs is 1. The fraction of sp³-hybridized carbons (Fsp3) is 0.448. The molecule has 160 valence electrons. The minimum atomic E-state index is 0.361. The molecule has 4 aliphatic carbocycles. The van der Waals surface area contributed by atoms with Crippen molar-refractivity contribution < 1.29 is 4.74 Å². The van der Waals surface area contributed by atoms with Crippen LogP contribution in [0.15, 0.2) is 60.7 Å². The highest BCUT2D eigenvalue weighted by Gasteiger charge is 2.50. The van der Waals surface area contributed by atoms with Crippen LogP contribution in [0.5, 0.6) is 5.75 Å². The van der Waals surface area contributed by atoms with Crippen molar-refractivity contribution in [1.82, 2.24) is 5.32 Å². The third-order valence-electron chi connectivity index (χ3n) is 8.19. The van der Waals surface area contributed by atoms with Crippen molar-refractivity contribution in [1.29, 1.82) is 0 Å². The van der Waals surface area contributed by atoms with E-state index in [1.54, 1.807) is 0 Å². The van der Waals surface area contributed by atoms with Gasteiger partial charge in [0.15, 0.2) is 0 Å². The second-order valence-corrected chi connectivity index (χ2v) is 10.6. The molecule has 0 atom stereocenters. The van der Waals surface area contributed by atoms with E-state index in [1.807, 2.05) is 0 Å². The Morgan fingerprint density at radius 3 is 2.23 bits per heavy atom. The lowest BCUT2D eigenvalue weighted by molar-refractivity contribution is -0.0206. The highest BCUT2D eigenvalue weighted by molar-refractivity contribution is 5.87. The van der Waals surface area contributed by atoms with E-state index < -0.39 is 0 Å². The van der Waals surface area contributed by atoms with Gasteiger partial charge < -0.3 is 10.1 Å². The first-order chi connectivity index (χ1) is 15.2. The molecule has 31 heavy (non-hydrogen) atoms. The monoisotopic (exact) mass is 411 g/mol. The van der Waals surface area contributed by atoms with Gasteiger partial charge in [-0.05, 0) is 85.6 Å². The fourth-order valence-electron chi connectivity index (χ4n) is 7.08. The van der Waals surface area contributed by atoms with Crippen LogP contribution in [-0.4, -0.2) is 5.54 Å². The second-order valence-electron chi connectivity index (χ2n) is 10.6. The maximum Gasteiger partial charge on any atom is 0.124 e. The molecular weight excluding hydrogens is 378 g/mol. The maximum atomic E-state index is 6.40. The predicted molar refractivity (Wildman–Crippen MR) is 127 cm³/mol. The minimum Gasteiger partial charge on any atom is -0.489 e. The Morgan fingerprint density at radius 2 is 1.52 bits per heavy atom. The smallest absolute Gasteiger partial charge is 0.124 e. The van der Waals surface area contributed by atoms with Crippen LogP contribution < -0.4 is 10.1 Å². The number of nitrogens with one attached hydrogen (secondary N) is 1. The first-order valence-electron chi connectivity index (χ1n) is 12.1. The Morgan fingerprint density at radius 1 is 0.839 bits per heavy atom. The standard InChI is InChI=1S/C29H33NO/c1-20-6-8-21(9-7-20)19-31-28-11-10-25-4-2-3-5-26(25)27(28)18-30-29-15-22-12-23(16-29)14-24(13-22)17-29/h2-11,22-24,30H,12-19H2,1H3. The van der Waals surface area contributed by atoms with Crippen molar-refractivity contribution in [2.45, 2.75) is 64.1 Å². The SMILES string of the molecule is Cc1ccc(COc2ccc3ccccc3c2CNC23CC4CC(CC(C4)C2)C3)cc1. The number of benzene rings is 3. The van der Waals surface area contributed by atoms with E-state index in [0.717, 1.165) is 30.0 Å². The van der Waals surface area contributed by atoms with Gasteiger partial charge in [-0.15, -0.1) is 0 Å². The Kier molecular flexibility index (Phi) is 4.79. The third kappa shape index (κ3) is 3.76. The lowest BCUT2D eigenvalue weighted by atomic mass is 9.53. The second kappa shape index (κ2) is 7.67. The van der Waals surface area contributed by atoms with Gasteiger partial charge in [0.2, 0.25) is 0 Å². The summed E-state index contributed by atoms with van der Waals surface area (Å²) in [5, 5.41) is 6.72. The van der Waals surface area contributed by atoms with Gasteiger partial charge in [-0.2, -0.15) is 0 Å². The lowest BCUT2D eigenvalue weighted by Gasteiger charge is -2.57. The lowest BCUT2D eigenvalue weighted by Crippen LogP contribution is -2.58. The molecular formula is C29H33NO. The van der Waals surface area contributed by atoms with Gasteiger partial charge in [-0.3, -0.25) is 0 Å². The molecule has 4 saturated carbocycles. The molecule has 0 aliphatic heterocycles. The van der Waals surface area contributed by atoms with E-state index in [0.29, 0.717) is 12.1 Å². The first-order valence-corrected chi connectivity index (χ1v) is 12.1. The summed E-state index contributed by atoms with van der Waals surface area (Å²) in [4.78, 5) is 0. The van der Waals surface area contributed by atoms with Crippen molar-refractivity contribution in [3.8, 4) is 5.75 Å². The molecule has 0 aromatic heterocycles. The van der Waals surface area contributed by atoms with Crippen molar-refractivity contribution in [2.24, 2.45) is 17.8 Å². The van der Waals surface area contributed by atoms with Crippen LogP contribution in [0.25, 0.3) is 10.8 Å². The fourth-order valence-corrected chi connectivity index (χ4v) is 7.08. The Bertz CT molecular complexity index is 1050. The summed E-state index contributed by atoms with van der Waals surface area (Å²) in [6.45, 7) is 3.64. The summed E-state index contributed by atoms with van der Waals surface area (Å²) in [6.07, 6.45) is 8.59. The minimum absolute atomic E-state index is 0.361. The molecule has 0 amide bonds. The number of hydrogen-bond acceptors (Lipinski definition) is 2. The summed E-state index contributed by atoms with van der Waals surface area (Å²) >= 11 is 0. The van der Waals surface area contributed by atoms with Crippen molar-refractivity contribution in [3.63, 3.8) is 0 Å². The highest BCUT2D eigenvalue weighted by Crippen LogP contribution is 2.55. The van der Waals surface area contributed by atoms with Crippen LogP contribution in [0.3, 0.4) is 0 Å². The topological polar surface area (TPSA) is 21.3 Å². The summed E-state index contributed by atoms with van der Waals surface area (Å²) in [6, 6.07) is 21.8. The van der Waals surface area contributed by atoms with E-state index in [-0.39, 0.29) is 0 Å². The van der Waals surface area contributed by atoms with Crippen LogP contribution in [0.2, 0.25) is 0 Å². The molecule has 1 N–H and O–H groups in total. The number of aryl methyl sites for hydroxylation is 1. The maximum absolute atomic E-state index is 6.40. The van der Waals surface area contributed by atoms with Gasteiger partial charge in [0, 0.05) is 17.6 Å². The Hall–Kier alpha value is -2.32. The largest absolute Gasteiger partial charge is 0.489 e. The average molecular weight is 412 g/mol. The zero-order valence-corrected chi connectivity index (χ0v) is 18.6. The average Bonchev–Trinajstić information content (AvgIpc) is 2.76. The van der Waals surface area contributed by atoms with E-state index in [9.17, 15) is 0 Å². The molecule has 0 spiro atoms. The first kappa shape index (κ1) is 19.4. The molecule has 4 aliphatic rings. The molecule has 0 unspecified atom stereocenters. The van der Waals surface area contributed by atoms with Gasteiger partial charge in [-0.1, -0.05) is 60.2 Å². The van der Waals surface area contributed by atoms with Crippen LogP contribution in [0.4, 0.5) is 0 Å². The summed E-state index contributed by atoms with van der Waals surface area (Å²) < 4.78 is 6.40. The van der Waals surface area contributed by atoms with Gasteiger partial charge in [0.1, 0.15) is 12.4 Å².